The van der Waals surface area contributed by atoms with Gasteiger partial charge in [-0.1, -0.05) is 47.7 Å². The van der Waals surface area contributed by atoms with Crippen molar-refractivity contribution in [3.63, 3.8) is 0 Å². The Balaban J connectivity index is 1.55. The van der Waals surface area contributed by atoms with Crippen molar-refractivity contribution in [3.05, 3.63) is 74.5 Å². The van der Waals surface area contributed by atoms with Gasteiger partial charge in [0.05, 0.1) is 11.3 Å². The molecule has 0 aliphatic carbocycles. The number of rotatable bonds is 3. The summed E-state index contributed by atoms with van der Waals surface area (Å²) >= 11 is 1.04. The SMILES string of the molecule is Cc1c(-c2nc3s/c(=C4\C(=O)N(CC(=O)O)c5ccccc54)c(=O)n3n2)oc2ccccc12. The summed E-state index contributed by atoms with van der Waals surface area (Å²) in [5.41, 5.74) is 2.22. The van der Waals surface area contributed by atoms with Crippen LogP contribution in [0.15, 0.2) is 57.7 Å². The Bertz CT molecular complexity index is 1750. The molecule has 1 amide bonds. The second-order valence-corrected chi connectivity index (χ2v) is 8.57. The minimum Gasteiger partial charge on any atom is -0.480 e. The zero-order valence-electron chi connectivity index (χ0n) is 17.1. The molecule has 5 aromatic rings. The monoisotopic (exact) mass is 458 g/mol. The lowest BCUT2D eigenvalue weighted by Crippen LogP contribution is -2.35. The van der Waals surface area contributed by atoms with Crippen LogP contribution < -0.4 is 15.0 Å². The summed E-state index contributed by atoms with van der Waals surface area (Å²) < 4.78 is 7.24. The van der Waals surface area contributed by atoms with Crippen LogP contribution in [0, 0.1) is 6.92 Å². The molecule has 162 valence electrons. The molecule has 0 spiro atoms. The van der Waals surface area contributed by atoms with Crippen molar-refractivity contribution in [1.82, 2.24) is 14.6 Å². The molecular formula is C23H14N4O5S. The molecule has 1 N–H and O–H groups in total. The number of fused-ring (bicyclic) bond motifs is 3. The van der Waals surface area contributed by atoms with Crippen LogP contribution in [0.25, 0.3) is 33.1 Å². The van der Waals surface area contributed by atoms with Gasteiger partial charge in [-0.05, 0) is 19.1 Å². The zero-order chi connectivity index (χ0) is 22.9. The molecule has 0 fully saturated rings. The molecule has 0 saturated heterocycles. The Hall–Kier alpha value is -4.31. The summed E-state index contributed by atoms with van der Waals surface area (Å²) in [6, 6.07) is 14.4. The maximum absolute atomic E-state index is 13.2. The van der Waals surface area contributed by atoms with Crippen LogP contribution >= 0.6 is 11.3 Å². The van der Waals surface area contributed by atoms with Gasteiger partial charge >= 0.3 is 5.97 Å². The fourth-order valence-corrected chi connectivity index (χ4v) is 5.16. The predicted octanol–water partition coefficient (Wildman–Crippen LogP) is 2.22. The molecule has 3 aromatic heterocycles. The Morgan fingerprint density at radius 1 is 1.12 bits per heavy atom. The number of amides is 1. The van der Waals surface area contributed by atoms with Gasteiger partial charge in [-0.25, -0.2) is 0 Å². The molecular weight excluding hydrogens is 444 g/mol. The number of furan rings is 1. The molecule has 4 heterocycles. The van der Waals surface area contributed by atoms with E-state index in [1.54, 1.807) is 24.3 Å². The van der Waals surface area contributed by atoms with Crippen molar-refractivity contribution in [2.24, 2.45) is 0 Å². The number of thiazole rings is 1. The van der Waals surface area contributed by atoms with Gasteiger partial charge in [0.1, 0.15) is 16.7 Å². The number of aryl methyl sites for hydroxylation is 1. The maximum Gasteiger partial charge on any atom is 0.323 e. The van der Waals surface area contributed by atoms with Crippen molar-refractivity contribution < 1.29 is 19.1 Å². The maximum atomic E-state index is 13.2. The molecule has 6 rings (SSSR count). The van der Waals surface area contributed by atoms with E-state index in [2.05, 4.69) is 10.1 Å². The van der Waals surface area contributed by atoms with Gasteiger partial charge in [0.2, 0.25) is 10.8 Å². The van der Waals surface area contributed by atoms with Gasteiger partial charge in [0.25, 0.3) is 11.5 Å². The zero-order valence-corrected chi connectivity index (χ0v) is 17.9. The highest BCUT2D eigenvalue weighted by Gasteiger charge is 2.35. The van der Waals surface area contributed by atoms with Gasteiger partial charge in [0.15, 0.2) is 5.76 Å². The fraction of sp³-hybridized carbons (Fsp3) is 0.0870. The Kier molecular flexibility index (Phi) is 4.02. The third kappa shape index (κ3) is 2.74. The highest BCUT2D eigenvalue weighted by molar-refractivity contribution is 7.15. The molecule has 1 aliphatic rings. The lowest BCUT2D eigenvalue weighted by atomic mass is 10.1. The smallest absolute Gasteiger partial charge is 0.323 e. The average Bonchev–Trinajstić information content (AvgIpc) is 3.51. The van der Waals surface area contributed by atoms with Crippen molar-refractivity contribution in [2.75, 3.05) is 11.4 Å². The van der Waals surface area contributed by atoms with Crippen LogP contribution in [0.4, 0.5) is 5.69 Å². The normalized spacial score (nSPS) is 15.1. The molecule has 2 aromatic carbocycles. The molecule has 0 bridgehead atoms. The summed E-state index contributed by atoms with van der Waals surface area (Å²) in [5.74, 6) is -0.909. The highest BCUT2D eigenvalue weighted by Crippen LogP contribution is 2.35. The van der Waals surface area contributed by atoms with E-state index in [1.165, 1.54) is 0 Å². The van der Waals surface area contributed by atoms with Gasteiger partial charge in [-0.15, -0.1) is 5.10 Å². The number of benzene rings is 2. The van der Waals surface area contributed by atoms with E-state index in [1.807, 2.05) is 31.2 Å². The van der Waals surface area contributed by atoms with Gasteiger partial charge < -0.3 is 9.52 Å². The van der Waals surface area contributed by atoms with Crippen LogP contribution in [-0.4, -0.2) is 38.1 Å². The number of carboxylic acids is 1. The third-order valence-corrected chi connectivity index (χ3v) is 6.68. The molecule has 0 radical (unpaired) electrons. The Morgan fingerprint density at radius 3 is 2.64 bits per heavy atom. The van der Waals surface area contributed by atoms with Crippen LogP contribution in [0.2, 0.25) is 0 Å². The van der Waals surface area contributed by atoms with E-state index in [4.69, 9.17) is 4.42 Å². The van der Waals surface area contributed by atoms with Crippen molar-refractivity contribution >= 4 is 50.4 Å². The molecule has 9 nitrogen and oxygen atoms in total. The quantitative estimate of drug-likeness (QED) is 0.440. The number of nitrogens with zero attached hydrogens (tertiary/aromatic N) is 4. The number of carbonyl (C=O) groups is 2. The van der Waals surface area contributed by atoms with Crippen molar-refractivity contribution in [2.45, 2.75) is 6.92 Å². The summed E-state index contributed by atoms with van der Waals surface area (Å²) in [7, 11) is 0. The van der Waals surface area contributed by atoms with Crippen molar-refractivity contribution in [3.8, 4) is 11.6 Å². The first-order chi connectivity index (χ1) is 15.9. The lowest BCUT2D eigenvalue weighted by Gasteiger charge is -2.13. The molecule has 0 atom stereocenters. The average molecular weight is 458 g/mol. The number of aromatic nitrogens is 3. The second-order valence-electron chi connectivity index (χ2n) is 7.60. The number of aliphatic carboxylic acids is 1. The van der Waals surface area contributed by atoms with Gasteiger partial charge in [-0.2, -0.15) is 9.50 Å². The standard InChI is InChI=1S/C23H14N4O5S/c1-11-12-6-3-5-9-15(12)32-18(11)20-24-23-27(25-20)22(31)19(33-23)17-13-7-2-4-8-14(13)26(21(17)30)10-16(28)29/h2-9H,10H2,1H3,(H,28,29)/b19-17-. The summed E-state index contributed by atoms with van der Waals surface area (Å²) in [6.07, 6.45) is 0. The summed E-state index contributed by atoms with van der Waals surface area (Å²) in [4.78, 5) is 43.6. The van der Waals surface area contributed by atoms with E-state index in [-0.39, 0.29) is 15.9 Å². The van der Waals surface area contributed by atoms with Gasteiger partial charge in [0, 0.05) is 16.5 Å². The predicted molar refractivity (Wildman–Crippen MR) is 121 cm³/mol. The van der Waals surface area contributed by atoms with Crippen LogP contribution in [-0.2, 0) is 9.59 Å². The number of para-hydroxylation sites is 2. The number of hydrogen-bond donors (Lipinski definition) is 1. The number of carbonyl (C=O) groups excluding carboxylic acids is 1. The second kappa shape index (κ2) is 6.84. The fourth-order valence-electron chi connectivity index (χ4n) is 4.16. The van der Waals surface area contributed by atoms with Crippen LogP contribution in [0.1, 0.15) is 11.1 Å². The lowest BCUT2D eigenvalue weighted by molar-refractivity contribution is -0.136. The van der Waals surface area contributed by atoms with Crippen LogP contribution in [0.5, 0.6) is 0 Å². The first-order valence-corrected chi connectivity index (χ1v) is 10.8. The minimum atomic E-state index is -1.14. The van der Waals surface area contributed by atoms with Gasteiger partial charge in [-0.3, -0.25) is 19.3 Å². The number of anilines is 1. The van der Waals surface area contributed by atoms with E-state index >= 15 is 0 Å². The Labute approximate surface area is 188 Å². The molecule has 33 heavy (non-hydrogen) atoms. The van der Waals surface area contributed by atoms with E-state index < -0.39 is 24.0 Å². The summed E-state index contributed by atoms with van der Waals surface area (Å²) in [6.45, 7) is 1.41. The third-order valence-electron chi connectivity index (χ3n) is 5.65. The Morgan fingerprint density at radius 2 is 1.88 bits per heavy atom. The molecule has 10 heteroatoms. The number of hydrogen-bond acceptors (Lipinski definition) is 7. The highest BCUT2D eigenvalue weighted by atomic mass is 32.1. The van der Waals surface area contributed by atoms with Crippen LogP contribution in [0.3, 0.4) is 0 Å². The molecule has 0 saturated carbocycles. The molecule has 1 aliphatic heterocycles. The first-order valence-electron chi connectivity index (χ1n) is 9.99. The van der Waals surface area contributed by atoms with E-state index in [9.17, 15) is 19.5 Å². The minimum absolute atomic E-state index is 0.163. The summed E-state index contributed by atoms with van der Waals surface area (Å²) in [5, 5.41) is 14.5. The molecule has 0 unspecified atom stereocenters. The topological polar surface area (TPSA) is 118 Å². The first kappa shape index (κ1) is 19.4. The largest absolute Gasteiger partial charge is 0.480 e. The number of carboxylic acid groups (broad SMARTS) is 1. The van der Waals surface area contributed by atoms with E-state index in [0.29, 0.717) is 27.6 Å². The van der Waals surface area contributed by atoms with Crippen molar-refractivity contribution in [1.29, 1.82) is 0 Å². The van der Waals surface area contributed by atoms with E-state index in [0.717, 1.165) is 31.7 Å².